The fraction of sp³-hybridized carbons (Fsp3) is 0.304. The molecule has 0 fully saturated rings. The maximum atomic E-state index is 12.6. The molecule has 1 amide bonds. The second-order valence-corrected chi connectivity index (χ2v) is 8.25. The van der Waals surface area contributed by atoms with Gasteiger partial charge in [-0.15, -0.1) is 0 Å². The van der Waals surface area contributed by atoms with Crippen molar-refractivity contribution in [2.45, 2.75) is 30.3 Å². The number of esters is 1. The molecule has 0 saturated carbocycles. The number of amides is 1. The Labute approximate surface area is 179 Å². The molecule has 1 heterocycles. The summed E-state index contributed by atoms with van der Waals surface area (Å²) in [6.45, 7) is -0.252. The number of aromatic nitrogens is 2. The van der Waals surface area contributed by atoms with E-state index in [1.165, 1.54) is 22.9 Å². The van der Waals surface area contributed by atoms with Crippen molar-refractivity contribution >= 4 is 34.7 Å². The lowest BCUT2D eigenvalue weighted by Gasteiger charge is -2.33. The SMILES string of the molecule is CN(C(=O)COC(=O)CSc1cnc2ccccc2n1)[C@H]1CCCc2ccccc21. The molecule has 6 nitrogen and oxygen atoms in total. The van der Waals surface area contributed by atoms with Crippen LogP contribution in [0, 0.1) is 0 Å². The van der Waals surface area contributed by atoms with Crippen LogP contribution in [0.15, 0.2) is 59.8 Å². The molecule has 0 radical (unpaired) electrons. The number of aryl methyl sites for hydroxylation is 1. The first-order valence-electron chi connectivity index (χ1n) is 9.95. The topological polar surface area (TPSA) is 72.4 Å². The van der Waals surface area contributed by atoms with Gasteiger partial charge in [0, 0.05) is 7.05 Å². The molecule has 154 valence electrons. The van der Waals surface area contributed by atoms with E-state index in [1.807, 2.05) is 36.4 Å². The summed E-state index contributed by atoms with van der Waals surface area (Å²) in [6, 6.07) is 15.8. The fourth-order valence-corrected chi connectivity index (χ4v) is 4.37. The summed E-state index contributed by atoms with van der Waals surface area (Å²) in [5.41, 5.74) is 4.07. The predicted octanol–water partition coefficient (Wildman–Crippen LogP) is 3.80. The van der Waals surface area contributed by atoms with Crippen LogP contribution in [0.4, 0.5) is 0 Å². The molecule has 1 atom stereocenters. The van der Waals surface area contributed by atoms with Crippen LogP contribution in [0.3, 0.4) is 0 Å². The minimum atomic E-state index is -0.444. The Morgan fingerprint density at radius 1 is 1.13 bits per heavy atom. The molecule has 1 aliphatic rings. The fourth-order valence-electron chi connectivity index (χ4n) is 3.73. The van der Waals surface area contributed by atoms with E-state index in [-0.39, 0.29) is 24.3 Å². The Morgan fingerprint density at radius 2 is 1.90 bits per heavy atom. The van der Waals surface area contributed by atoms with Gasteiger partial charge in [-0.25, -0.2) is 4.98 Å². The molecular formula is C23H23N3O3S. The molecule has 0 unspecified atom stereocenters. The monoisotopic (exact) mass is 421 g/mol. The van der Waals surface area contributed by atoms with Gasteiger partial charge in [0.05, 0.1) is 29.0 Å². The number of carbonyl (C=O) groups excluding carboxylic acids is 2. The number of para-hydroxylation sites is 2. The third kappa shape index (κ3) is 4.62. The quantitative estimate of drug-likeness (QED) is 0.445. The minimum Gasteiger partial charge on any atom is -0.455 e. The smallest absolute Gasteiger partial charge is 0.316 e. The first-order valence-corrected chi connectivity index (χ1v) is 10.9. The van der Waals surface area contributed by atoms with E-state index >= 15 is 0 Å². The highest BCUT2D eigenvalue weighted by Crippen LogP contribution is 2.33. The summed E-state index contributed by atoms with van der Waals surface area (Å²) in [4.78, 5) is 35.2. The van der Waals surface area contributed by atoms with Gasteiger partial charge in [0.15, 0.2) is 6.61 Å². The third-order valence-electron chi connectivity index (χ3n) is 5.32. The Balaban J connectivity index is 1.28. The molecule has 0 saturated heterocycles. The predicted molar refractivity (Wildman–Crippen MR) is 116 cm³/mol. The molecule has 4 rings (SSSR count). The van der Waals surface area contributed by atoms with Gasteiger partial charge in [-0.1, -0.05) is 48.2 Å². The number of hydrogen-bond acceptors (Lipinski definition) is 6. The van der Waals surface area contributed by atoms with E-state index in [1.54, 1.807) is 18.1 Å². The van der Waals surface area contributed by atoms with E-state index in [9.17, 15) is 9.59 Å². The van der Waals surface area contributed by atoms with Crippen molar-refractivity contribution in [2.75, 3.05) is 19.4 Å². The molecule has 2 aromatic carbocycles. The van der Waals surface area contributed by atoms with Gasteiger partial charge in [-0.2, -0.15) is 0 Å². The largest absolute Gasteiger partial charge is 0.455 e. The average Bonchev–Trinajstić information content (AvgIpc) is 2.80. The van der Waals surface area contributed by atoms with E-state index in [0.29, 0.717) is 5.03 Å². The standard InChI is InChI=1S/C23H23N3O3S/c1-26(20-12-6-8-16-7-2-3-9-17(16)20)22(27)14-29-23(28)15-30-21-13-24-18-10-4-5-11-19(18)25-21/h2-5,7,9-11,13,20H,6,8,12,14-15H2,1H3/t20-/m0/s1. The maximum Gasteiger partial charge on any atom is 0.316 e. The van der Waals surface area contributed by atoms with Gasteiger partial charge in [0.1, 0.15) is 5.03 Å². The van der Waals surface area contributed by atoms with Crippen LogP contribution in [0.5, 0.6) is 0 Å². The number of hydrogen-bond donors (Lipinski definition) is 0. The van der Waals surface area contributed by atoms with Crippen LogP contribution in [-0.4, -0.2) is 46.2 Å². The van der Waals surface area contributed by atoms with Crippen LogP contribution in [-0.2, 0) is 20.7 Å². The Bertz CT molecular complexity index is 1070. The molecule has 0 spiro atoms. The van der Waals surface area contributed by atoms with E-state index in [0.717, 1.165) is 30.3 Å². The van der Waals surface area contributed by atoms with Crippen molar-refractivity contribution in [3.05, 3.63) is 65.9 Å². The Kier molecular flexibility index (Phi) is 6.28. The molecule has 0 aliphatic heterocycles. The highest BCUT2D eigenvalue weighted by molar-refractivity contribution is 7.99. The van der Waals surface area contributed by atoms with Crippen molar-refractivity contribution in [3.8, 4) is 0 Å². The summed E-state index contributed by atoms with van der Waals surface area (Å²) in [5.74, 6) is -0.558. The van der Waals surface area contributed by atoms with Crippen LogP contribution in [0.25, 0.3) is 11.0 Å². The molecule has 1 aliphatic carbocycles. The van der Waals surface area contributed by atoms with E-state index in [4.69, 9.17) is 4.74 Å². The summed E-state index contributed by atoms with van der Waals surface area (Å²) >= 11 is 1.25. The maximum absolute atomic E-state index is 12.6. The zero-order valence-corrected chi connectivity index (χ0v) is 17.6. The second kappa shape index (κ2) is 9.26. The van der Waals surface area contributed by atoms with E-state index < -0.39 is 5.97 Å². The van der Waals surface area contributed by atoms with Crippen LogP contribution >= 0.6 is 11.8 Å². The third-order valence-corrected chi connectivity index (χ3v) is 6.19. The molecule has 30 heavy (non-hydrogen) atoms. The lowest BCUT2D eigenvalue weighted by atomic mass is 9.87. The average molecular weight is 422 g/mol. The van der Waals surface area contributed by atoms with Crippen molar-refractivity contribution in [2.24, 2.45) is 0 Å². The number of likely N-dealkylation sites (N-methyl/N-ethyl adjacent to an activating group) is 1. The van der Waals surface area contributed by atoms with Gasteiger partial charge < -0.3 is 9.64 Å². The van der Waals surface area contributed by atoms with Gasteiger partial charge in [-0.3, -0.25) is 14.6 Å². The van der Waals surface area contributed by atoms with Crippen molar-refractivity contribution in [1.82, 2.24) is 14.9 Å². The van der Waals surface area contributed by atoms with Gasteiger partial charge in [0.2, 0.25) is 0 Å². The van der Waals surface area contributed by atoms with Gasteiger partial charge in [-0.05, 0) is 42.5 Å². The number of benzene rings is 2. The Hall–Kier alpha value is -2.93. The summed E-state index contributed by atoms with van der Waals surface area (Å²) in [7, 11) is 1.78. The number of ether oxygens (including phenoxy) is 1. The lowest BCUT2D eigenvalue weighted by Crippen LogP contribution is -2.36. The highest BCUT2D eigenvalue weighted by Gasteiger charge is 2.26. The molecule has 7 heteroatoms. The van der Waals surface area contributed by atoms with Gasteiger partial charge in [0.25, 0.3) is 5.91 Å². The zero-order chi connectivity index (χ0) is 20.9. The first-order chi connectivity index (χ1) is 14.6. The number of nitrogens with zero attached hydrogens (tertiary/aromatic N) is 3. The highest BCUT2D eigenvalue weighted by atomic mass is 32.2. The normalized spacial score (nSPS) is 15.4. The van der Waals surface area contributed by atoms with Crippen molar-refractivity contribution in [3.63, 3.8) is 0 Å². The molecule has 1 aromatic heterocycles. The van der Waals surface area contributed by atoms with Crippen molar-refractivity contribution < 1.29 is 14.3 Å². The molecule has 0 bridgehead atoms. The lowest BCUT2D eigenvalue weighted by molar-refractivity contribution is -0.150. The number of thioether (sulfide) groups is 1. The summed E-state index contributed by atoms with van der Waals surface area (Å²) in [6.07, 6.45) is 4.64. The number of carbonyl (C=O) groups is 2. The van der Waals surface area contributed by atoms with Crippen LogP contribution < -0.4 is 0 Å². The molecule has 3 aromatic rings. The zero-order valence-electron chi connectivity index (χ0n) is 16.8. The summed E-state index contributed by atoms with van der Waals surface area (Å²) < 4.78 is 5.21. The number of fused-ring (bicyclic) bond motifs is 2. The molecule has 0 N–H and O–H groups in total. The van der Waals surface area contributed by atoms with Crippen molar-refractivity contribution in [1.29, 1.82) is 0 Å². The molecular weight excluding hydrogens is 398 g/mol. The number of rotatable bonds is 6. The first kappa shape index (κ1) is 20.3. The Morgan fingerprint density at radius 3 is 2.77 bits per heavy atom. The summed E-state index contributed by atoms with van der Waals surface area (Å²) in [5, 5.41) is 0.646. The second-order valence-electron chi connectivity index (χ2n) is 7.26. The van der Waals surface area contributed by atoms with Crippen LogP contribution in [0.1, 0.15) is 30.0 Å². The minimum absolute atomic E-state index is 0.0309. The van der Waals surface area contributed by atoms with Crippen LogP contribution in [0.2, 0.25) is 0 Å². The van der Waals surface area contributed by atoms with E-state index in [2.05, 4.69) is 22.1 Å². The van der Waals surface area contributed by atoms with Gasteiger partial charge >= 0.3 is 5.97 Å².